The second-order valence-electron chi connectivity index (χ2n) is 5.43. The number of para-hydroxylation sites is 1. The van der Waals surface area contributed by atoms with E-state index in [-0.39, 0.29) is 5.75 Å². The van der Waals surface area contributed by atoms with Crippen LogP contribution in [-0.4, -0.2) is 5.11 Å². The predicted octanol–water partition coefficient (Wildman–Crippen LogP) is 3.89. The monoisotopic (exact) mass is 305 g/mol. The van der Waals surface area contributed by atoms with Gasteiger partial charge in [-0.3, -0.25) is 0 Å². The van der Waals surface area contributed by atoms with Crippen molar-refractivity contribution in [2.75, 3.05) is 16.8 Å². The molecule has 3 rings (SSSR count). The maximum absolute atomic E-state index is 9.72. The van der Waals surface area contributed by atoms with Gasteiger partial charge in [-0.2, -0.15) is 0 Å². The quantitative estimate of drug-likeness (QED) is 0.335. The van der Waals surface area contributed by atoms with Crippen molar-refractivity contribution in [1.82, 2.24) is 0 Å². The van der Waals surface area contributed by atoms with E-state index < -0.39 is 0 Å². The van der Waals surface area contributed by atoms with E-state index >= 15 is 0 Å². The van der Waals surface area contributed by atoms with Crippen LogP contribution in [-0.2, 0) is 6.42 Å². The highest BCUT2D eigenvalue weighted by molar-refractivity contribution is 5.69. The van der Waals surface area contributed by atoms with Crippen molar-refractivity contribution in [3.05, 3.63) is 77.9 Å². The van der Waals surface area contributed by atoms with Gasteiger partial charge in [-0.25, -0.2) is 0 Å². The van der Waals surface area contributed by atoms with E-state index in [0.717, 1.165) is 22.5 Å². The maximum Gasteiger partial charge on any atom is 0.138 e. The largest absolute Gasteiger partial charge is 0.506 e. The molecule has 0 bridgehead atoms. The molecule has 0 unspecified atom stereocenters. The smallest absolute Gasteiger partial charge is 0.138 e. The van der Waals surface area contributed by atoms with Crippen LogP contribution in [0.4, 0.5) is 22.7 Å². The Kier molecular flexibility index (Phi) is 4.06. The molecular weight excluding hydrogens is 286 g/mol. The average Bonchev–Trinajstić information content (AvgIpc) is 2.58. The van der Waals surface area contributed by atoms with Crippen LogP contribution in [0.2, 0.25) is 0 Å². The Morgan fingerprint density at radius 3 is 2.13 bits per heavy atom. The summed E-state index contributed by atoms with van der Waals surface area (Å²) in [5.41, 5.74) is 16.7. The number of benzene rings is 3. The van der Waals surface area contributed by atoms with Gasteiger partial charge < -0.3 is 21.9 Å². The SMILES string of the molecule is Nc1ccc(O)c(N)c1Cc1ccc(Nc2ccccc2)cc1. The molecule has 116 valence electrons. The number of phenolic OH excluding ortho intramolecular Hbond substituents is 1. The molecule has 0 saturated heterocycles. The number of hydrogen-bond acceptors (Lipinski definition) is 4. The van der Waals surface area contributed by atoms with E-state index in [1.54, 1.807) is 6.07 Å². The lowest BCUT2D eigenvalue weighted by molar-refractivity contribution is 0.477. The van der Waals surface area contributed by atoms with Gasteiger partial charge in [0.1, 0.15) is 5.75 Å². The van der Waals surface area contributed by atoms with Crippen LogP contribution in [0.3, 0.4) is 0 Å². The van der Waals surface area contributed by atoms with Crippen molar-refractivity contribution in [2.24, 2.45) is 0 Å². The molecule has 4 nitrogen and oxygen atoms in total. The Balaban J connectivity index is 1.77. The molecule has 23 heavy (non-hydrogen) atoms. The zero-order valence-electron chi connectivity index (χ0n) is 12.7. The minimum atomic E-state index is 0.0663. The Hall–Kier alpha value is -3.14. The lowest BCUT2D eigenvalue weighted by atomic mass is 10.0. The summed E-state index contributed by atoms with van der Waals surface area (Å²) < 4.78 is 0. The number of hydrogen-bond donors (Lipinski definition) is 4. The zero-order chi connectivity index (χ0) is 16.2. The van der Waals surface area contributed by atoms with Crippen LogP contribution < -0.4 is 16.8 Å². The fourth-order valence-electron chi connectivity index (χ4n) is 2.46. The third-order valence-corrected chi connectivity index (χ3v) is 3.77. The van der Waals surface area contributed by atoms with Crippen LogP contribution in [0.5, 0.6) is 5.75 Å². The van der Waals surface area contributed by atoms with Gasteiger partial charge in [-0.1, -0.05) is 30.3 Å². The van der Waals surface area contributed by atoms with Crippen molar-refractivity contribution < 1.29 is 5.11 Å². The van der Waals surface area contributed by atoms with Crippen molar-refractivity contribution in [1.29, 1.82) is 0 Å². The molecule has 0 amide bonds. The summed E-state index contributed by atoms with van der Waals surface area (Å²) in [5.74, 6) is 0.0663. The summed E-state index contributed by atoms with van der Waals surface area (Å²) in [6.45, 7) is 0. The number of rotatable bonds is 4. The first-order chi connectivity index (χ1) is 11.1. The highest BCUT2D eigenvalue weighted by Gasteiger charge is 2.09. The van der Waals surface area contributed by atoms with Crippen LogP contribution in [0.15, 0.2) is 66.7 Å². The fourth-order valence-corrected chi connectivity index (χ4v) is 2.46. The molecule has 3 aromatic rings. The highest BCUT2D eigenvalue weighted by Crippen LogP contribution is 2.31. The number of nitrogens with two attached hydrogens (primary N) is 2. The van der Waals surface area contributed by atoms with Crippen molar-refractivity contribution in [2.45, 2.75) is 6.42 Å². The summed E-state index contributed by atoms with van der Waals surface area (Å²) in [7, 11) is 0. The number of aromatic hydroxyl groups is 1. The number of nitrogens with one attached hydrogen (secondary N) is 1. The molecule has 0 aliphatic heterocycles. The lowest BCUT2D eigenvalue weighted by Crippen LogP contribution is -2.01. The second-order valence-corrected chi connectivity index (χ2v) is 5.43. The maximum atomic E-state index is 9.72. The van der Waals surface area contributed by atoms with Crippen molar-refractivity contribution in [3.63, 3.8) is 0 Å². The van der Waals surface area contributed by atoms with Crippen LogP contribution in [0.25, 0.3) is 0 Å². The van der Waals surface area contributed by atoms with Gasteiger partial charge >= 0.3 is 0 Å². The summed E-state index contributed by atoms with van der Waals surface area (Å²) in [6, 6.07) is 21.3. The van der Waals surface area contributed by atoms with E-state index in [9.17, 15) is 5.11 Å². The molecule has 0 aliphatic rings. The first-order valence-corrected chi connectivity index (χ1v) is 7.40. The summed E-state index contributed by atoms with van der Waals surface area (Å²) in [5, 5.41) is 13.1. The molecule has 6 N–H and O–H groups in total. The van der Waals surface area contributed by atoms with Crippen LogP contribution >= 0.6 is 0 Å². The molecule has 0 atom stereocenters. The first-order valence-electron chi connectivity index (χ1n) is 7.40. The van der Waals surface area contributed by atoms with Crippen LogP contribution in [0, 0.1) is 0 Å². The lowest BCUT2D eigenvalue weighted by Gasteiger charge is -2.12. The van der Waals surface area contributed by atoms with Gasteiger partial charge in [0.25, 0.3) is 0 Å². The van der Waals surface area contributed by atoms with Crippen LogP contribution in [0.1, 0.15) is 11.1 Å². The van der Waals surface area contributed by atoms with E-state index in [1.807, 2.05) is 54.6 Å². The Morgan fingerprint density at radius 1 is 0.783 bits per heavy atom. The minimum Gasteiger partial charge on any atom is -0.506 e. The molecule has 3 aromatic carbocycles. The summed E-state index contributed by atoms with van der Waals surface area (Å²) in [6.07, 6.45) is 0.581. The molecule has 4 heteroatoms. The predicted molar refractivity (Wildman–Crippen MR) is 95.9 cm³/mol. The number of nitrogen functional groups attached to an aromatic ring is 2. The molecule has 0 fully saturated rings. The number of anilines is 4. The molecule has 0 heterocycles. The van der Waals surface area contributed by atoms with Crippen molar-refractivity contribution in [3.8, 4) is 5.75 Å². The summed E-state index contributed by atoms with van der Waals surface area (Å²) in [4.78, 5) is 0. The van der Waals surface area contributed by atoms with Gasteiger partial charge in [0.15, 0.2) is 0 Å². The Morgan fingerprint density at radius 2 is 1.43 bits per heavy atom. The van der Waals surface area contributed by atoms with E-state index in [0.29, 0.717) is 17.8 Å². The Labute approximate surface area is 135 Å². The van der Waals surface area contributed by atoms with Gasteiger partial charge in [0.2, 0.25) is 0 Å². The fraction of sp³-hybridized carbons (Fsp3) is 0.0526. The Bertz CT molecular complexity index is 799. The molecule has 0 aliphatic carbocycles. The van der Waals surface area contributed by atoms with Gasteiger partial charge in [-0.15, -0.1) is 0 Å². The second kappa shape index (κ2) is 6.32. The summed E-state index contributed by atoms with van der Waals surface area (Å²) >= 11 is 0. The molecule has 0 spiro atoms. The van der Waals surface area contributed by atoms with Crippen molar-refractivity contribution >= 4 is 22.7 Å². The highest BCUT2D eigenvalue weighted by atomic mass is 16.3. The zero-order valence-corrected chi connectivity index (χ0v) is 12.7. The molecular formula is C19H19N3O. The van der Waals surface area contributed by atoms with Gasteiger partial charge in [-0.05, 0) is 42.0 Å². The van der Waals surface area contributed by atoms with Gasteiger partial charge in [0, 0.05) is 29.0 Å². The number of phenols is 1. The first kappa shape index (κ1) is 14.8. The van der Waals surface area contributed by atoms with E-state index in [2.05, 4.69) is 5.32 Å². The minimum absolute atomic E-state index is 0.0663. The standard InChI is InChI=1S/C19H19N3O/c20-17-10-11-18(23)19(21)16(17)12-13-6-8-15(9-7-13)22-14-4-2-1-3-5-14/h1-11,22-23H,12,20-21H2. The third-order valence-electron chi connectivity index (χ3n) is 3.77. The van der Waals surface area contributed by atoms with E-state index in [1.165, 1.54) is 6.07 Å². The topological polar surface area (TPSA) is 84.3 Å². The van der Waals surface area contributed by atoms with E-state index in [4.69, 9.17) is 11.5 Å². The molecule has 0 aromatic heterocycles. The average molecular weight is 305 g/mol. The third kappa shape index (κ3) is 3.37. The molecule has 0 saturated carbocycles. The molecule has 0 radical (unpaired) electrons. The van der Waals surface area contributed by atoms with Gasteiger partial charge in [0.05, 0.1) is 5.69 Å². The normalized spacial score (nSPS) is 10.4.